The number of primary amides is 1. The van der Waals surface area contributed by atoms with Crippen LogP contribution >= 0.6 is 24.8 Å². The van der Waals surface area contributed by atoms with E-state index in [1.54, 1.807) is 0 Å². The van der Waals surface area contributed by atoms with Crippen molar-refractivity contribution in [2.24, 2.45) is 5.73 Å². The van der Waals surface area contributed by atoms with E-state index in [1.165, 1.54) is 0 Å². The molecule has 3 N–H and O–H groups in total. The number of nitrogens with two attached hydrogens (primary N) is 1. The highest BCUT2D eigenvalue weighted by Gasteiger charge is 1.96. The Labute approximate surface area is 83.1 Å². The molecule has 0 unspecified atom stereocenters. The van der Waals surface area contributed by atoms with E-state index in [0.29, 0.717) is 4.32 Å². The number of carbonyl (C=O) groups is 1. The van der Waals surface area contributed by atoms with E-state index in [-0.39, 0.29) is 0 Å². The van der Waals surface area contributed by atoms with Gasteiger partial charge in [-0.25, -0.2) is 4.79 Å². The molecule has 0 saturated heterocycles. The number of hydrogen-bond donors (Lipinski definition) is 3. The molecule has 0 aliphatic carbocycles. The molecule has 0 spiro atoms. The Kier molecular flexibility index (Phi) is 10.1. The predicted molar refractivity (Wildman–Crippen MR) is 56.7 cm³/mol. The van der Waals surface area contributed by atoms with Gasteiger partial charge in [0, 0.05) is 13.1 Å². The molecular weight excluding hydrogens is 196 g/mol. The van der Waals surface area contributed by atoms with Crippen LogP contribution in [-0.4, -0.2) is 33.5 Å². The third-order valence-corrected chi connectivity index (χ3v) is 1.58. The fourth-order valence-corrected chi connectivity index (χ4v) is 1.04. The first-order valence-electron chi connectivity index (χ1n) is 3.41. The number of amides is 1. The normalized spacial score (nSPS) is 7.92. The maximum atomic E-state index is 8.78. The molecule has 0 heterocycles. The van der Waals surface area contributed by atoms with Gasteiger partial charge in [-0.3, -0.25) is 0 Å². The van der Waals surface area contributed by atoms with Gasteiger partial charge in [0.05, 0.1) is 0 Å². The van der Waals surface area contributed by atoms with Gasteiger partial charge >= 0.3 is 6.09 Å². The van der Waals surface area contributed by atoms with Crippen molar-refractivity contribution in [3.8, 4) is 0 Å². The van der Waals surface area contributed by atoms with E-state index in [0.717, 1.165) is 13.1 Å². The van der Waals surface area contributed by atoms with Gasteiger partial charge in [0.2, 0.25) is 0 Å². The number of hydrogen-bond acceptors (Lipinski definition) is 2. The molecule has 0 aliphatic heterocycles. The van der Waals surface area contributed by atoms with Crippen molar-refractivity contribution in [1.29, 1.82) is 0 Å². The Morgan fingerprint density at radius 1 is 1.58 bits per heavy atom. The lowest BCUT2D eigenvalue weighted by atomic mass is 10.6. The van der Waals surface area contributed by atoms with Crippen LogP contribution in [0.25, 0.3) is 0 Å². The summed E-state index contributed by atoms with van der Waals surface area (Å²) in [7, 11) is 0. The zero-order chi connectivity index (χ0) is 10.1. The fourth-order valence-electron chi connectivity index (χ4n) is 0.494. The van der Waals surface area contributed by atoms with Crippen LogP contribution in [0.3, 0.4) is 0 Å². The van der Waals surface area contributed by atoms with Gasteiger partial charge in [0.25, 0.3) is 0 Å². The smallest absolute Gasteiger partial charge is 0.402 e. The van der Waals surface area contributed by atoms with Crippen molar-refractivity contribution < 1.29 is 9.90 Å². The van der Waals surface area contributed by atoms with Gasteiger partial charge in [-0.1, -0.05) is 12.2 Å². The number of thiol groups is 1. The van der Waals surface area contributed by atoms with Crippen LogP contribution in [0, 0.1) is 0 Å². The third-order valence-electron chi connectivity index (χ3n) is 1.03. The van der Waals surface area contributed by atoms with Gasteiger partial charge in [0.1, 0.15) is 4.32 Å². The molecule has 0 aromatic carbocycles. The summed E-state index contributed by atoms with van der Waals surface area (Å²) in [6.07, 6.45) is -1.33. The molecule has 0 atom stereocenters. The first-order chi connectivity index (χ1) is 5.45. The van der Waals surface area contributed by atoms with Crippen LogP contribution in [0.1, 0.15) is 13.8 Å². The minimum absolute atomic E-state index is 0.690. The summed E-state index contributed by atoms with van der Waals surface area (Å²) in [5, 5.41) is 7.19. The Hall–Kier alpha value is -0.490. The second kappa shape index (κ2) is 8.61. The molecule has 0 aliphatic rings. The first-order valence-corrected chi connectivity index (χ1v) is 4.27. The molecule has 0 fully saturated rings. The first kappa shape index (κ1) is 14.1. The lowest BCUT2D eigenvalue weighted by molar-refractivity contribution is 0.205. The largest absolute Gasteiger partial charge is 0.465 e. The molecule has 12 heavy (non-hydrogen) atoms. The highest BCUT2D eigenvalue weighted by molar-refractivity contribution is 8.10. The molecule has 1 amide bonds. The number of rotatable bonds is 2. The molecular formula is C6H14N2O2S2. The quantitative estimate of drug-likeness (QED) is 0.473. The average Bonchev–Trinajstić information content (AvgIpc) is 1.87. The summed E-state index contributed by atoms with van der Waals surface area (Å²) in [6.45, 7) is 6.04. The number of nitrogens with zero attached hydrogens (tertiary/aromatic N) is 1. The topological polar surface area (TPSA) is 66.6 Å². The maximum absolute atomic E-state index is 8.78. The third kappa shape index (κ3) is 12.2. The number of carboxylic acid groups (broad SMARTS) is 1. The van der Waals surface area contributed by atoms with Crippen molar-refractivity contribution in [1.82, 2.24) is 4.90 Å². The van der Waals surface area contributed by atoms with Crippen LogP contribution in [0.2, 0.25) is 0 Å². The predicted octanol–water partition coefficient (Wildman–Crippen LogP) is 1.17. The molecule has 0 radical (unpaired) electrons. The maximum Gasteiger partial charge on any atom is 0.402 e. The Bertz CT molecular complexity index is 144. The van der Waals surface area contributed by atoms with E-state index < -0.39 is 6.09 Å². The second-order valence-electron chi connectivity index (χ2n) is 1.79. The van der Waals surface area contributed by atoms with Crippen LogP contribution in [0.15, 0.2) is 0 Å². The summed E-state index contributed by atoms with van der Waals surface area (Å²) in [5.41, 5.74) is 4.03. The van der Waals surface area contributed by atoms with Gasteiger partial charge < -0.3 is 15.7 Å². The molecule has 0 aromatic rings. The second-order valence-corrected chi connectivity index (χ2v) is 2.91. The van der Waals surface area contributed by atoms with E-state index in [2.05, 4.69) is 32.2 Å². The molecule has 0 rings (SSSR count). The minimum Gasteiger partial charge on any atom is -0.465 e. The summed E-state index contributed by atoms with van der Waals surface area (Å²) in [4.78, 5) is 10.8. The molecule has 6 heteroatoms. The number of thiocarbonyl (C=S) groups is 1. The van der Waals surface area contributed by atoms with Crippen LogP contribution in [0.5, 0.6) is 0 Å². The summed E-state index contributed by atoms with van der Waals surface area (Å²) in [6, 6.07) is 0. The summed E-state index contributed by atoms with van der Waals surface area (Å²) < 4.78 is 0.690. The van der Waals surface area contributed by atoms with Crippen LogP contribution < -0.4 is 5.73 Å². The van der Waals surface area contributed by atoms with Crippen molar-refractivity contribution in [3.63, 3.8) is 0 Å². The van der Waals surface area contributed by atoms with E-state index in [4.69, 9.17) is 22.1 Å². The van der Waals surface area contributed by atoms with Crippen LogP contribution in [-0.2, 0) is 0 Å². The molecule has 0 saturated carbocycles. The monoisotopic (exact) mass is 210 g/mol. The van der Waals surface area contributed by atoms with E-state index in [9.17, 15) is 0 Å². The van der Waals surface area contributed by atoms with E-state index in [1.807, 2.05) is 4.90 Å². The molecule has 0 bridgehead atoms. The average molecular weight is 210 g/mol. The van der Waals surface area contributed by atoms with Gasteiger partial charge in [0.15, 0.2) is 0 Å². The Morgan fingerprint density at radius 3 is 1.83 bits per heavy atom. The van der Waals surface area contributed by atoms with Crippen molar-refractivity contribution >= 4 is 35.3 Å². The molecule has 4 nitrogen and oxygen atoms in total. The summed E-state index contributed by atoms with van der Waals surface area (Å²) >= 11 is 8.82. The minimum atomic E-state index is -1.33. The zero-order valence-corrected chi connectivity index (χ0v) is 8.86. The lowest BCUT2D eigenvalue weighted by Gasteiger charge is -2.16. The zero-order valence-electron chi connectivity index (χ0n) is 7.15. The molecule has 0 aromatic heterocycles. The lowest BCUT2D eigenvalue weighted by Crippen LogP contribution is -2.24. The van der Waals surface area contributed by atoms with E-state index >= 15 is 0 Å². The molecule has 72 valence electrons. The van der Waals surface area contributed by atoms with Crippen LogP contribution in [0.4, 0.5) is 4.79 Å². The van der Waals surface area contributed by atoms with Gasteiger partial charge in [-0.15, -0.1) is 12.6 Å². The van der Waals surface area contributed by atoms with Gasteiger partial charge in [-0.2, -0.15) is 0 Å². The highest BCUT2D eigenvalue weighted by Crippen LogP contribution is 1.93. The Morgan fingerprint density at radius 2 is 1.83 bits per heavy atom. The standard InChI is InChI=1S/C5H11NS2.CH3NO2/c1-3-6(4-2)5(7)8;2-1(3)4/h3-4H2,1-2H3,(H,7,8);2H2,(H,3,4). The highest BCUT2D eigenvalue weighted by atomic mass is 32.1. The van der Waals surface area contributed by atoms with Gasteiger partial charge in [-0.05, 0) is 13.8 Å². The summed E-state index contributed by atoms with van der Waals surface area (Å²) in [5.74, 6) is 0. The van der Waals surface area contributed by atoms with Crippen molar-refractivity contribution in [3.05, 3.63) is 0 Å². The van der Waals surface area contributed by atoms with Crippen molar-refractivity contribution in [2.45, 2.75) is 13.8 Å². The SMILES string of the molecule is CCN(CC)C(=S)S.NC(=O)O. The Balaban J connectivity index is 0. The van der Waals surface area contributed by atoms with Crippen molar-refractivity contribution in [2.75, 3.05) is 13.1 Å². The fraction of sp³-hybridized carbons (Fsp3) is 0.667.